The van der Waals surface area contributed by atoms with E-state index in [1.54, 1.807) is 13.2 Å². The van der Waals surface area contributed by atoms with E-state index in [-0.39, 0.29) is 11.8 Å². The fraction of sp³-hybridized carbons (Fsp3) is 0.300. The van der Waals surface area contributed by atoms with Crippen molar-refractivity contribution in [2.75, 3.05) is 42.3 Å². The molecule has 0 unspecified atom stereocenters. The van der Waals surface area contributed by atoms with Crippen molar-refractivity contribution in [1.82, 2.24) is 15.0 Å². The first-order valence-corrected chi connectivity index (χ1v) is 13.3. The van der Waals surface area contributed by atoms with Crippen LogP contribution >= 0.6 is 0 Å². The number of nitrogens with one attached hydrogen (secondary N) is 2. The number of hydrogen-bond donors (Lipinski definition) is 4. The standard InChI is InChI=1S/C30H35N7O2/c1-39-27-19-21(11-12-26(27)38)13-16-32-28-34-29(36-30(35-28)37-17-14-24(31)15-18-37)33-20-23-9-5-6-10-25(23)22-7-3-2-4-8-22/h2-12,19,24,38H,13-18,20,31H2,1H3,(H2,32,33,34,35,36). The lowest BCUT2D eigenvalue weighted by molar-refractivity contribution is 0.373. The minimum absolute atomic E-state index is 0.127. The second-order valence-corrected chi connectivity index (χ2v) is 9.67. The van der Waals surface area contributed by atoms with Gasteiger partial charge in [0, 0.05) is 32.2 Å². The van der Waals surface area contributed by atoms with Crippen LogP contribution < -0.4 is 26.0 Å². The Labute approximate surface area is 229 Å². The van der Waals surface area contributed by atoms with Crippen LogP contribution in [0.15, 0.2) is 72.8 Å². The predicted molar refractivity (Wildman–Crippen MR) is 155 cm³/mol. The van der Waals surface area contributed by atoms with Gasteiger partial charge in [-0.15, -0.1) is 0 Å². The number of rotatable bonds is 10. The Hall–Kier alpha value is -4.37. The summed E-state index contributed by atoms with van der Waals surface area (Å²) in [5, 5.41) is 16.7. The molecular formula is C30H35N7O2. The third-order valence-electron chi connectivity index (χ3n) is 6.93. The molecule has 3 aromatic carbocycles. The van der Waals surface area contributed by atoms with Crippen LogP contribution in [0.1, 0.15) is 24.0 Å². The zero-order valence-corrected chi connectivity index (χ0v) is 22.2. The number of nitrogens with zero attached hydrogens (tertiary/aromatic N) is 4. The van der Waals surface area contributed by atoms with Crippen LogP contribution in [0.2, 0.25) is 0 Å². The van der Waals surface area contributed by atoms with Gasteiger partial charge in [-0.25, -0.2) is 0 Å². The molecule has 5 rings (SSSR count). The van der Waals surface area contributed by atoms with E-state index >= 15 is 0 Å². The highest BCUT2D eigenvalue weighted by atomic mass is 16.5. The summed E-state index contributed by atoms with van der Waals surface area (Å²) in [4.78, 5) is 16.3. The zero-order chi connectivity index (χ0) is 27.0. The second kappa shape index (κ2) is 12.4. The number of phenols is 1. The van der Waals surface area contributed by atoms with Crippen LogP contribution in [-0.2, 0) is 13.0 Å². The van der Waals surface area contributed by atoms with Crippen molar-refractivity contribution >= 4 is 17.8 Å². The molecule has 0 aliphatic carbocycles. The first-order chi connectivity index (χ1) is 19.1. The first-order valence-electron chi connectivity index (χ1n) is 13.3. The first kappa shape index (κ1) is 26.2. The van der Waals surface area contributed by atoms with Crippen LogP contribution in [0.25, 0.3) is 11.1 Å². The fourth-order valence-electron chi connectivity index (χ4n) is 4.71. The van der Waals surface area contributed by atoms with E-state index in [0.29, 0.717) is 43.1 Å². The quantitative estimate of drug-likeness (QED) is 0.238. The van der Waals surface area contributed by atoms with E-state index < -0.39 is 0 Å². The Kier molecular flexibility index (Phi) is 8.38. The largest absolute Gasteiger partial charge is 0.504 e. The Morgan fingerprint density at radius 3 is 2.41 bits per heavy atom. The lowest BCUT2D eigenvalue weighted by Crippen LogP contribution is -2.40. The molecule has 0 bridgehead atoms. The normalized spacial score (nSPS) is 13.7. The second-order valence-electron chi connectivity index (χ2n) is 9.67. The average Bonchev–Trinajstić information content (AvgIpc) is 2.98. The van der Waals surface area contributed by atoms with E-state index in [0.717, 1.165) is 37.1 Å². The number of piperidine rings is 1. The number of nitrogens with two attached hydrogens (primary N) is 1. The monoisotopic (exact) mass is 525 g/mol. The highest BCUT2D eigenvalue weighted by molar-refractivity contribution is 5.67. The molecule has 0 radical (unpaired) electrons. The number of aromatic nitrogens is 3. The van der Waals surface area contributed by atoms with Gasteiger partial charge in [0.05, 0.1) is 7.11 Å². The molecule has 1 aromatic heterocycles. The SMILES string of the molecule is COc1cc(CCNc2nc(NCc3ccccc3-c3ccccc3)nc(N3CCC(N)CC3)n2)ccc1O. The molecule has 0 spiro atoms. The lowest BCUT2D eigenvalue weighted by atomic mass is 10.00. The predicted octanol–water partition coefficient (Wildman–Crippen LogP) is 4.45. The molecule has 1 aliphatic rings. The Balaban J connectivity index is 1.33. The number of phenolic OH excluding ortho intramolecular Hbond substituents is 1. The molecule has 202 valence electrons. The Morgan fingerprint density at radius 1 is 0.923 bits per heavy atom. The minimum Gasteiger partial charge on any atom is -0.504 e. The van der Waals surface area contributed by atoms with Gasteiger partial charge in [0.15, 0.2) is 11.5 Å². The zero-order valence-electron chi connectivity index (χ0n) is 22.2. The lowest BCUT2D eigenvalue weighted by Gasteiger charge is -2.30. The molecule has 9 nitrogen and oxygen atoms in total. The summed E-state index contributed by atoms with van der Waals surface area (Å²) in [5.74, 6) is 2.26. The summed E-state index contributed by atoms with van der Waals surface area (Å²) in [6.07, 6.45) is 2.53. The molecule has 1 fully saturated rings. The van der Waals surface area contributed by atoms with Crippen molar-refractivity contribution in [3.05, 3.63) is 83.9 Å². The maximum atomic E-state index is 9.87. The number of benzene rings is 3. The summed E-state index contributed by atoms with van der Waals surface area (Å²) < 4.78 is 5.23. The van der Waals surface area contributed by atoms with Crippen LogP contribution in [0.5, 0.6) is 11.5 Å². The molecule has 0 atom stereocenters. The van der Waals surface area contributed by atoms with E-state index in [9.17, 15) is 5.11 Å². The molecule has 39 heavy (non-hydrogen) atoms. The molecule has 1 aliphatic heterocycles. The Morgan fingerprint density at radius 2 is 1.64 bits per heavy atom. The number of aromatic hydroxyl groups is 1. The van der Waals surface area contributed by atoms with Gasteiger partial charge in [-0.2, -0.15) is 15.0 Å². The highest BCUT2D eigenvalue weighted by Gasteiger charge is 2.20. The van der Waals surface area contributed by atoms with Crippen molar-refractivity contribution in [2.24, 2.45) is 5.73 Å². The number of methoxy groups -OCH3 is 1. The van der Waals surface area contributed by atoms with E-state index in [2.05, 4.69) is 63.0 Å². The third-order valence-corrected chi connectivity index (χ3v) is 6.93. The summed E-state index contributed by atoms with van der Waals surface area (Å²) in [5.41, 5.74) is 10.7. The van der Waals surface area contributed by atoms with Gasteiger partial charge in [-0.05, 0) is 53.6 Å². The molecule has 1 saturated heterocycles. The molecule has 0 saturated carbocycles. The van der Waals surface area contributed by atoms with Crippen molar-refractivity contribution < 1.29 is 9.84 Å². The van der Waals surface area contributed by atoms with Crippen molar-refractivity contribution in [2.45, 2.75) is 31.8 Å². The molecule has 2 heterocycles. The van der Waals surface area contributed by atoms with E-state index in [4.69, 9.17) is 20.4 Å². The maximum absolute atomic E-state index is 9.87. The topological polar surface area (TPSA) is 121 Å². The van der Waals surface area contributed by atoms with Crippen molar-refractivity contribution in [1.29, 1.82) is 0 Å². The van der Waals surface area contributed by atoms with Crippen LogP contribution in [-0.4, -0.2) is 52.8 Å². The summed E-state index contributed by atoms with van der Waals surface area (Å²) in [6, 6.07) is 24.3. The minimum atomic E-state index is 0.127. The molecule has 4 aromatic rings. The Bertz CT molecular complexity index is 1380. The highest BCUT2D eigenvalue weighted by Crippen LogP contribution is 2.27. The smallest absolute Gasteiger partial charge is 0.231 e. The number of ether oxygens (including phenoxy) is 1. The van der Waals surface area contributed by atoms with Gasteiger partial charge in [0.2, 0.25) is 17.8 Å². The molecule has 5 N–H and O–H groups in total. The molecule has 9 heteroatoms. The van der Waals surface area contributed by atoms with Gasteiger partial charge < -0.3 is 31.1 Å². The van der Waals surface area contributed by atoms with Gasteiger partial charge in [-0.1, -0.05) is 60.7 Å². The molecular weight excluding hydrogens is 490 g/mol. The third kappa shape index (κ3) is 6.74. The van der Waals surface area contributed by atoms with Crippen molar-refractivity contribution in [3.8, 4) is 22.6 Å². The molecule has 0 amide bonds. The summed E-state index contributed by atoms with van der Waals surface area (Å²) in [6.45, 7) is 2.81. The average molecular weight is 526 g/mol. The fourth-order valence-corrected chi connectivity index (χ4v) is 4.71. The van der Waals surface area contributed by atoms with E-state index in [1.165, 1.54) is 11.1 Å². The van der Waals surface area contributed by atoms with Crippen LogP contribution in [0.3, 0.4) is 0 Å². The summed E-state index contributed by atoms with van der Waals surface area (Å²) in [7, 11) is 1.55. The van der Waals surface area contributed by atoms with Crippen molar-refractivity contribution in [3.63, 3.8) is 0 Å². The van der Waals surface area contributed by atoms with Gasteiger partial charge >= 0.3 is 0 Å². The van der Waals surface area contributed by atoms with E-state index in [1.807, 2.05) is 24.3 Å². The number of anilines is 3. The summed E-state index contributed by atoms with van der Waals surface area (Å²) >= 11 is 0. The van der Waals surface area contributed by atoms with Gasteiger partial charge in [0.25, 0.3) is 0 Å². The van der Waals surface area contributed by atoms with Gasteiger partial charge in [-0.3, -0.25) is 0 Å². The van der Waals surface area contributed by atoms with Crippen LogP contribution in [0.4, 0.5) is 17.8 Å². The van der Waals surface area contributed by atoms with Crippen LogP contribution in [0, 0.1) is 0 Å². The maximum Gasteiger partial charge on any atom is 0.231 e. The number of hydrogen-bond acceptors (Lipinski definition) is 9. The van der Waals surface area contributed by atoms with Gasteiger partial charge in [0.1, 0.15) is 0 Å².